The van der Waals surface area contributed by atoms with E-state index in [-0.39, 0.29) is 25.6 Å². The average Bonchev–Trinajstić information content (AvgIpc) is 2.99. The highest BCUT2D eigenvalue weighted by Gasteiger charge is 2.15. The first-order chi connectivity index (χ1) is 23.9. The highest BCUT2D eigenvalue weighted by atomic mass is 35.7. The quantitative estimate of drug-likeness (QED) is 0.170. The Morgan fingerprint density at radius 3 is 1.17 bits per heavy atom. The third-order valence-corrected chi connectivity index (χ3v) is 12.5. The van der Waals surface area contributed by atoms with Crippen molar-refractivity contribution in [2.45, 2.75) is 39.9 Å². The highest BCUT2D eigenvalue weighted by Crippen LogP contribution is 2.24. The second-order valence-electron chi connectivity index (χ2n) is 9.22. The van der Waals surface area contributed by atoms with Crippen LogP contribution in [0.15, 0.2) is 105 Å². The minimum atomic E-state index is -4.06. The molecule has 0 saturated heterocycles. The summed E-state index contributed by atoms with van der Waals surface area (Å²) in [5.74, 6) is -2.78. The van der Waals surface area contributed by atoms with Gasteiger partial charge in [-0.3, -0.25) is 0 Å². The van der Waals surface area contributed by atoms with Gasteiger partial charge in [0.15, 0.2) is 0 Å². The minimum Gasteiger partial charge on any atom is -0.212 e. The smallest absolute Gasteiger partial charge is 0.212 e. The molecule has 0 amide bonds. The minimum absolute atomic E-state index is 0.00849. The van der Waals surface area contributed by atoms with E-state index in [2.05, 4.69) is 10.7 Å². The zero-order chi connectivity index (χ0) is 41.6. The maximum absolute atomic E-state index is 12.6. The summed E-state index contributed by atoms with van der Waals surface area (Å²) in [5.41, 5.74) is 1.10. The number of halogens is 10. The molecule has 0 bridgehead atoms. The predicted octanol–water partition coefficient (Wildman–Crippen LogP) is 9.32. The van der Waals surface area contributed by atoms with E-state index in [0.717, 1.165) is 24.1 Å². The molecule has 0 atom stereocenters. The Kier molecular flexibility index (Phi) is 21.6. The van der Waals surface area contributed by atoms with Crippen LogP contribution in [0.5, 0.6) is 0 Å². The lowest BCUT2D eigenvalue weighted by molar-refractivity contribution is 0.570. The van der Waals surface area contributed by atoms with Gasteiger partial charge in [0.05, 0.1) is 20.4 Å². The van der Waals surface area contributed by atoms with E-state index in [1.807, 2.05) is 6.92 Å². The van der Waals surface area contributed by atoms with E-state index in [1.165, 1.54) is 49.4 Å². The van der Waals surface area contributed by atoms with Crippen LogP contribution in [0.3, 0.4) is 0 Å². The molecule has 10 nitrogen and oxygen atoms in total. The van der Waals surface area contributed by atoms with Gasteiger partial charge in [-0.2, -0.15) is 0 Å². The van der Waals surface area contributed by atoms with Crippen LogP contribution in [-0.4, -0.2) is 47.8 Å². The maximum atomic E-state index is 12.6. The molecule has 296 valence electrons. The second-order valence-corrected chi connectivity index (χ2v) is 23.4. The molecular formula is C28H24Cl7F3O10S5. The summed E-state index contributed by atoms with van der Waals surface area (Å²) in [6.45, 7) is 3.49. The first kappa shape index (κ1) is 51.5. The number of rotatable bonds is 6. The fraction of sp³-hybridized carbons (Fsp3) is 0.143. The lowest BCUT2D eigenvalue weighted by atomic mass is 10.2. The van der Waals surface area contributed by atoms with Crippen molar-refractivity contribution in [3.63, 3.8) is 0 Å². The molecule has 0 spiro atoms. The molecule has 0 aliphatic carbocycles. The molecule has 0 aliphatic rings. The van der Waals surface area contributed by atoms with Crippen LogP contribution in [-0.2, 0) is 51.7 Å². The molecular weight excluding hydrogens is 962 g/mol. The maximum Gasteiger partial charge on any atom is 0.264 e. The van der Waals surface area contributed by atoms with Gasteiger partial charge in [-0.15, -0.1) is 0 Å². The standard InChI is InChI=1S/C8H9ClO2S.C6H3Cl3O2S.C6H3ClF2O2S.C6H4ClFO2S.C2H5ClO2S/c1-2-7-3-5-8(6-4-7)12(9,10)11;7-4-1-5(8)3-6(2-4)12(9,10)11;7-12(10,11)6-2-4(8)1-5(9)3-6;7-11(9,10)6-4-2-1-3-5(6)8;1-2-6(3,4)5/h3-6H,2H2,1H3;2*1-3H;1-4H;2H2,1H3. The lowest BCUT2D eigenvalue weighted by Crippen LogP contribution is -1.93. The summed E-state index contributed by atoms with van der Waals surface area (Å²) >= 11 is 11.1. The molecule has 53 heavy (non-hydrogen) atoms. The monoisotopic (exact) mass is 982 g/mol. The van der Waals surface area contributed by atoms with E-state index in [1.54, 1.807) is 12.1 Å². The summed E-state index contributed by atoms with van der Waals surface area (Å²) in [5, 5.41) is 0.475. The predicted molar refractivity (Wildman–Crippen MR) is 203 cm³/mol. The van der Waals surface area contributed by atoms with Crippen LogP contribution in [0.25, 0.3) is 0 Å². The third kappa shape index (κ3) is 22.6. The third-order valence-electron chi connectivity index (χ3n) is 5.29. The van der Waals surface area contributed by atoms with Gasteiger partial charge < -0.3 is 0 Å². The Morgan fingerprint density at radius 1 is 0.491 bits per heavy atom. The Balaban J connectivity index is 0.000000648. The zero-order valence-corrected chi connectivity index (χ0v) is 35.8. The number of hydrogen-bond acceptors (Lipinski definition) is 10. The SMILES string of the molecule is CCS(=O)(=O)Cl.CCc1ccc(S(=O)(=O)Cl)cc1.O=S(=O)(Cl)c1cc(Cl)cc(Cl)c1.O=S(=O)(Cl)c1cc(F)cc(F)c1.O=S(=O)(Cl)c1ccccc1F. The van der Waals surface area contributed by atoms with E-state index < -0.39 is 72.5 Å². The molecule has 4 aromatic rings. The van der Waals surface area contributed by atoms with Crippen LogP contribution in [0.1, 0.15) is 19.4 Å². The Morgan fingerprint density at radius 2 is 0.868 bits per heavy atom. The van der Waals surface area contributed by atoms with Crippen LogP contribution in [0, 0.1) is 17.5 Å². The van der Waals surface area contributed by atoms with Crippen molar-refractivity contribution < 1.29 is 55.3 Å². The molecule has 0 N–H and O–H groups in total. The van der Waals surface area contributed by atoms with E-state index >= 15 is 0 Å². The van der Waals surface area contributed by atoms with Gasteiger partial charge in [-0.05, 0) is 66.6 Å². The summed E-state index contributed by atoms with van der Waals surface area (Å²) in [7, 11) is 6.13. The Labute approximate surface area is 337 Å². The van der Waals surface area contributed by atoms with Crippen LogP contribution in [0.2, 0.25) is 10.0 Å². The topological polar surface area (TPSA) is 171 Å². The summed E-state index contributed by atoms with van der Waals surface area (Å²) in [6.07, 6.45) is 0.891. The molecule has 25 heteroatoms. The summed E-state index contributed by atoms with van der Waals surface area (Å²) in [4.78, 5) is -1.01. The Bertz CT molecular complexity index is 2280. The van der Waals surface area contributed by atoms with E-state index in [9.17, 15) is 55.3 Å². The van der Waals surface area contributed by atoms with Gasteiger partial charge in [-0.25, -0.2) is 55.3 Å². The van der Waals surface area contributed by atoms with Gasteiger partial charge in [0.1, 0.15) is 22.3 Å². The molecule has 0 fully saturated rings. The number of aryl methyl sites for hydroxylation is 1. The van der Waals surface area contributed by atoms with Gasteiger partial charge in [0.2, 0.25) is 9.05 Å². The van der Waals surface area contributed by atoms with Gasteiger partial charge in [-0.1, -0.05) is 61.3 Å². The number of hydrogen-bond donors (Lipinski definition) is 0. The van der Waals surface area contributed by atoms with Crippen molar-refractivity contribution in [2.24, 2.45) is 0 Å². The van der Waals surface area contributed by atoms with Crippen LogP contribution < -0.4 is 0 Å². The van der Waals surface area contributed by atoms with Gasteiger partial charge in [0.25, 0.3) is 36.2 Å². The van der Waals surface area contributed by atoms with Gasteiger partial charge >= 0.3 is 0 Å². The fourth-order valence-electron chi connectivity index (χ4n) is 2.87. The normalized spacial score (nSPS) is 11.5. The first-order valence-electron chi connectivity index (χ1n) is 13.4. The van der Waals surface area contributed by atoms with E-state index in [0.29, 0.717) is 18.2 Å². The van der Waals surface area contributed by atoms with Crippen molar-refractivity contribution >= 4 is 122 Å². The van der Waals surface area contributed by atoms with Crippen molar-refractivity contribution in [3.8, 4) is 0 Å². The molecule has 0 aliphatic heterocycles. The molecule has 4 rings (SSSR count). The molecule has 0 unspecified atom stereocenters. The van der Waals surface area contributed by atoms with Crippen LogP contribution in [0.4, 0.5) is 13.2 Å². The van der Waals surface area contributed by atoms with Crippen molar-refractivity contribution in [1.82, 2.24) is 0 Å². The molecule has 4 aromatic carbocycles. The average molecular weight is 986 g/mol. The molecule has 0 radical (unpaired) electrons. The Hall–Kier alpha value is -1.55. The summed E-state index contributed by atoms with van der Waals surface area (Å²) < 4.78 is 142. The van der Waals surface area contributed by atoms with Crippen molar-refractivity contribution in [1.29, 1.82) is 0 Å². The number of benzene rings is 4. The first-order valence-corrected chi connectivity index (χ1v) is 25.8. The van der Waals surface area contributed by atoms with E-state index in [4.69, 9.17) is 65.9 Å². The highest BCUT2D eigenvalue weighted by molar-refractivity contribution is 8.15. The fourth-order valence-corrected chi connectivity index (χ4v) is 6.79. The molecule has 0 aromatic heterocycles. The zero-order valence-electron chi connectivity index (χ0n) is 26.4. The van der Waals surface area contributed by atoms with Crippen molar-refractivity contribution in [2.75, 3.05) is 5.75 Å². The lowest BCUT2D eigenvalue weighted by Gasteiger charge is -1.97. The van der Waals surface area contributed by atoms with Gasteiger partial charge in [0, 0.05) is 69.5 Å². The summed E-state index contributed by atoms with van der Waals surface area (Å²) in [6, 6.07) is 17.2. The molecule has 0 heterocycles. The second kappa shape index (κ2) is 22.3. The largest absolute Gasteiger partial charge is 0.264 e. The van der Waals surface area contributed by atoms with Crippen LogP contribution >= 0.6 is 76.6 Å². The van der Waals surface area contributed by atoms with Crippen molar-refractivity contribution in [3.05, 3.63) is 118 Å². The molecule has 0 saturated carbocycles.